The van der Waals surface area contributed by atoms with Crippen molar-refractivity contribution in [1.29, 1.82) is 0 Å². The predicted octanol–water partition coefficient (Wildman–Crippen LogP) is 1.03. The molecule has 0 radical (unpaired) electrons. The lowest BCUT2D eigenvalue weighted by molar-refractivity contribution is -0.114. The minimum absolute atomic E-state index is 0.247. The maximum atomic E-state index is 12.3. The first-order valence-electron chi connectivity index (χ1n) is 11.5. The summed E-state index contributed by atoms with van der Waals surface area (Å²) < 4.78 is 5.46. The minimum Gasteiger partial charge on any atom is -0.444 e. The highest BCUT2D eigenvalue weighted by molar-refractivity contribution is 6.00. The van der Waals surface area contributed by atoms with Crippen LogP contribution in [-0.2, 0) is 16.1 Å². The van der Waals surface area contributed by atoms with Crippen LogP contribution < -0.4 is 33.2 Å². The summed E-state index contributed by atoms with van der Waals surface area (Å²) in [5, 5.41) is 9.53. The van der Waals surface area contributed by atoms with Crippen molar-refractivity contribution >= 4 is 29.3 Å². The van der Waals surface area contributed by atoms with E-state index in [2.05, 4.69) is 20.9 Å². The quantitative estimate of drug-likeness (QED) is 0.333. The summed E-state index contributed by atoms with van der Waals surface area (Å²) in [5.41, 5.74) is 19.3. The zero-order valence-electron chi connectivity index (χ0n) is 20.1. The fraction of sp³-hybridized carbons (Fsp3) is 0.522. The molecule has 0 aromatic heterocycles. The molecule has 1 aromatic carbocycles. The highest BCUT2D eigenvalue weighted by atomic mass is 16.6. The zero-order valence-corrected chi connectivity index (χ0v) is 20.1. The van der Waals surface area contributed by atoms with E-state index in [9.17, 15) is 9.59 Å². The van der Waals surface area contributed by atoms with Gasteiger partial charge in [-0.1, -0.05) is 6.07 Å². The summed E-state index contributed by atoms with van der Waals surface area (Å²) in [6, 6.07) is 5.50. The van der Waals surface area contributed by atoms with Gasteiger partial charge in [0.25, 0.3) is 0 Å². The van der Waals surface area contributed by atoms with Crippen molar-refractivity contribution < 1.29 is 14.3 Å². The van der Waals surface area contributed by atoms with Gasteiger partial charge in [0.05, 0.1) is 12.1 Å². The van der Waals surface area contributed by atoms with Crippen molar-refractivity contribution in [2.24, 2.45) is 22.4 Å². The van der Waals surface area contributed by atoms with Crippen molar-refractivity contribution in [1.82, 2.24) is 15.5 Å². The number of nitrogens with one attached hydrogen (secondary N) is 3. The molecule has 2 aliphatic heterocycles. The van der Waals surface area contributed by atoms with Crippen LogP contribution in [0.5, 0.6) is 0 Å². The molecule has 9 N–H and O–H groups in total. The number of amides is 2. The van der Waals surface area contributed by atoms with E-state index in [0.717, 1.165) is 24.1 Å². The third-order valence-electron chi connectivity index (χ3n) is 5.69. The van der Waals surface area contributed by atoms with Gasteiger partial charge in [0.1, 0.15) is 11.4 Å². The van der Waals surface area contributed by atoms with Crippen molar-refractivity contribution in [3.8, 4) is 0 Å². The fourth-order valence-corrected chi connectivity index (χ4v) is 3.78. The lowest BCUT2D eigenvalue weighted by atomic mass is 9.97. The zero-order chi connectivity index (χ0) is 24.9. The highest BCUT2D eigenvalue weighted by Gasteiger charge is 2.27. The number of hydrogen-bond donors (Lipinski definition) is 6. The second kappa shape index (κ2) is 10.6. The average molecular weight is 473 g/mol. The summed E-state index contributed by atoms with van der Waals surface area (Å²) in [4.78, 5) is 30.5. The summed E-state index contributed by atoms with van der Waals surface area (Å²) in [7, 11) is 0. The van der Waals surface area contributed by atoms with E-state index in [4.69, 9.17) is 21.9 Å². The molecule has 2 amide bonds. The van der Waals surface area contributed by atoms with Crippen LogP contribution in [-0.4, -0.2) is 54.6 Å². The molecule has 34 heavy (non-hydrogen) atoms. The highest BCUT2D eigenvalue weighted by Crippen LogP contribution is 2.21. The molecule has 0 spiro atoms. The Labute approximate surface area is 200 Å². The summed E-state index contributed by atoms with van der Waals surface area (Å²) in [5.74, 6) is 0.710. The Morgan fingerprint density at radius 1 is 1.26 bits per heavy atom. The molecule has 0 saturated carbocycles. The number of carbonyl (C=O) groups excluding carboxylic acids is 2. The second-order valence-corrected chi connectivity index (χ2v) is 9.54. The van der Waals surface area contributed by atoms with Crippen molar-refractivity contribution in [3.05, 3.63) is 35.2 Å². The molecule has 2 heterocycles. The van der Waals surface area contributed by atoms with Gasteiger partial charge in [0.15, 0.2) is 0 Å². The Kier molecular flexibility index (Phi) is 7.87. The molecule has 2 aliphatic rings. The molecular weight excluding hydrogens is 436 g/mol. The van der Waals surface area contributed by atoms with Gasteiger partial charge < -0.3 is 42.8 Å². The molecule has 0 aliphatic carbocycles. The van der Waals surface area contributed by atoms with E-state index in [1.165, 1.54) is 0 Å². The smallest absolute Gasteiger partial charge is 0.410 e. The number of anilines is 2. The molecule has 186 valence electrons. The molecule has 1 fully saturated rings. The topological polar surface area (TPSA) is 173 Å². The summed E-state index contributed by atoms with van der Waals surface area (Å²) in [6.07, 6.45) is 1.37. The Bertz CT molecular complexity index is 975. The first-order valence-corrected chi connectivity index (χ1v) is 11.5. The average Bonchev–Trinajstić information content (AvgIpc) is 2.77. The maximum Gasteiger partial charge on any atom is 0.410 e. The molecule has 3 rings (SSSR count). The van der Waals surface area contributed by atoms with Crippen LogP contribution in [0.25, 0.3) is 0 Å². The van der Waals surface area contributed by atoms with Gasteiger partial charge in [-0.25, -0.2) is 4.79 Å². The number of benzene rings is 1. The van der Waals surface area contributed by atoms with Gasteiger partial charge in [-0.15, -0.1) is 0 Å². The first kappa shape index (κ1) is 25.2. The van der Waals surface area contributed by atoms with Gasteiger partial charge >= 0.3 is 6.09 Å². The van der Waals surface area contributed by atoms with E-state index >= 15 is 0 Å². The monoisotopic (exact) mass is 472 g/mol. The van der Waals surface area contributed by atoms with Gasteiger partial charge in [0.2, 0.25) is 11.9 Å². The SMILES string of the molecule is CC(C)(C)OC(=O)N1CCC(CNC2=C(C(N)=O)CNC(Nc3ccc(CN)c(N)c3)=N2)CC1. The van der Waals surface area contributed by atoms with E-state index < -0.39 is 11.5 Å². The van der Waals surface area contributed by atoms with Gasteiger partial charge in [-0.2, -0.15) is 4.99 Å². The molecule has 11 nitrogen and oxygen atoms in total. The Hall–Kier alpha value is -3.47. The molecule has 11 heteroatoms. The van der Waals surface area contributed by atoms with Crippen LogP contribution >= 0.6 is 0 Å². The van der Waals surface area contributed by atoms with E-state index in [1.54, 1.807) is 11.0 Å². The second-order valence-electron chi connectivity index (χ2n) is 9.54. The number of nitrogen functional groups attached to an aromatic ring is 1. The van der Waals surface area contributed by atoms with Crippen LogP contribution in [0, 0.1) is 5.92 Å². The fourth-order valence-electron chi connectivity index (χ4n) is 3.78. The van der Waals surface area contributed by atoms with Gasteiger partial charge in [-0.05, 0) is 57.2 Å². The number of guanidine groups is 1. The predicted molar refractivity (Wildman–Crippen MR) is 133 cm³/mol. The van der Waals surface area contributed by atoms with Gasteiger partial charge in [0, 0.05) is 37.6 Å². The van der Waals surface area contributed by atoms with Gasteiger partial charge in [-0.3, -0.25) is 4.79 Å². The number of carbonyl (C=O) groups is 2. The molecule has 0 atom stereocenters. The van der Waals surface area contributed by atoms with Crippen LogP contribution in [0.4, 0.5) is 16.2 Å². The van der Waals surface area contributed by atoms with E-state index in [-0.39, 0.29) is 12.6 Å². The first-order chi connectivity index (χ1) is 16.1. The third kappa shape index (κ3) is 6.77. The number of hydrogen-bond acceptors (Lipinski definition) is 9. The lowest BCUT2D eigenvalue weighted by Crippen LogP contribution is -2.44. The number of primary amides is 1. The van der Waals surface area contributed by atoms with Crippen molar-refractivity contribution in [2.45, 2.75) is 45.8 Å². The van der Waals surface area contributed by atoms with Crippen LogP contribution in [0.3, 0.4) is 0 Å². The molecule has 0 bridgehead atoms. The molecule has 0 unspecified atom stereocenters. The Morgan fingerprint density at radius 3 is 2.56 bits per heavy atom. The van der Waals surface area contributed by atoms with E-state index in [1.807, 2.05) is 32.9 Å². The number of aliphatic imine (C=N–C) groups is 1. The lowest BCUT2D eigenvalue weighted by Gasteiger charge is -2.33. The van der Waals surface area contributed by atoms with Crippen LogP contribution in [0.2, 0.25) is 0 Å². The Balaban J connectivity index is 1.60. The minimum atomic E-state index is -0.533. The number of likely N-dealkylation sites (tertiary alicyclic amines) is 1. The molecule has 1 aromatic rings. The number of nitrogens with zero attached hydrogens (tertiary/aromatic N) is 2. The summed E-state index contributed by atoms with van der Waals surface area (Å²) in [6.45, 7) is 8.05. The maximum absolute atomic E-state index is 12.3. The standard InChI is InChI=1S/C23H36N8O3/c1-23(2,3)34-22(33)31-8-6-14(7-9-31)12-27-20-17(19(26)32)13-28-21(30-20)29-16-5-4-15(11-24)18(25)10-16/h4-5,10,14,27H,6-9,11-13,24-25H2,1-3H3,(H2,26,32)(H2,28,29,30). The molecule has 1 saturated heterocycles. The Morgan fingerprint density at radius 2 is 1.97 bits per heavy atom. The number of rotatable bonds is 6. The normalized spacial score (nSPS) is 17.1. The number of ether oxygens (including phenoxy) is 1. The number of piperidine rings is 1. The van der Waals surface area contributed by atoms with E-state index in [0.29, 0.717) is 55.1 Å². The molecular formula is C23H36N8O3. The van der Waals surface area contributed by atoms with Crippen LogP contribution in [0.15, 0.2) is 34.6 Å². The van der Waals surface area contributed by atoms with Crippen LogP contribution in [0.1, 0.15) is 39.2 Å². The van der Waals surface area contributed by atoms with Crippen molar-refractivity contribution in [2.75, 3.05) is 37.2 Å². The number of nitrogens with two attached hydrogens (primary N) is 3. The van der Waals surface area contributed by atoms with Crippen molar-refractivity contribution in [3.63, 3.8) is 0 Å². The summed E-state index contributed by atoms with van der Waals surface area (Å²) >= 11 is 0. The largest absolute Gasteiger partial charge is 0.444 e. The third-order valence-corrected chi connectivity index (χ3v) is 5.69.